The Hall–Kier alpha value is -1.14. The van der Waals surface area contributed by atoms with Gasteiger partial charge in [-0.1, -0.05) is 22.0 Å². The van der Waals surface area contributed by atoms with E-state index in [0.717, 1.165) is 6.42 Å². The molecule has 1 aliphatic heterocycles. The summed E-state index contributed by atoms with van der Waals surface area (Å²) in [6.45, 7) is 6.64. The lowest BCUT2D eigenvalue weighted by Crippen LogP contribution is -2.43. The van der Waals surface area contributed by atoms with E-state index in [0.29, 0.717) is 23.2 Å². The Morgan fingerprint density at radius 1 is 1.50 bits per heavy atom. The van der Waals surface area contributed by atoms with Gasteiger partial charge in [0, 0.05) is 16.6 Å². The van der Waals surface area contributed by atoms with Gasteiger partial charge in [-0.25, -0.2) is 9.18 Å². The van der Waals surface area contributed by atoms with Crippen molar-refractivity contribution in [2.24, 2.45) is 0 Å². The molecule has 0 radical (unpaired) electrons. The van der Waals surface area contributed by atoms with Crippen LogP contribution in [0.25, 0.3) is 0 Å². The van der Waals surface area contributed by atoms with E-state index in [1.807, 2.05) is 20.8 Å². The molecule has 1 fully saturated rings. The minimum absolute atomic E-state index is 0.0960. The highest BCUT2D eigenvalue weighted by molar-refractivity contribution is 9.10. The summed E-state index contributed by atoms with van der Waals surface area (Å²) < 4.78 is 25.5. The van der Waals surface area contributed by atoms with Crippen molar-refractivity contribution in [1.82, 2.24) is 4.90 Å². The van der Waals surface area contributed by atoms with E-state index in [1.54, 1.807) is 17.0 Å². The standard InChI is InChI=1S/C16H21BrFNO3/c1-16(2,3)22-15(20)19(11-7-8-21-10-11)9-12-13(17)5-4-6-14(12)18/h4-6,11H,7-10H2,1-3H3. The largest absolute Gasteiger partial charge is 0.444 e. The summed E-state index contributed by atoms with van der Waals surface area (Å²) >= 11 is 3.34. The Balaban J connectivity index is 2.23. The Morgan fingerprint density at radius 2 is 2.23 bits per heavy atom. The maximum Gasteiger partial charge on any atom is 0.410 e. The quantitative estimate of drug-likeness (QED) is 0.799. The van der Waals surface area contributed by atoms with Crippen molar-refractivity contribution in [3.8, 4) is 0 Å². The summed E-state index contributed by atoms with van der Waals surface area (Å²) in [7, 11) is 0. The van der Waals surface area contributed by atoms with Gasteiger partial charge in [-0.2, -0.15) is 0 Å². The lowest BCUT2D eigenvalue weighted by Gasteiger charge is -2.31. The number of nitrogens with zero attached hydrogens (tertiary/aromatic N) is 1. The van der Waals surface area contributed by atoms with Crippen LogP contribution in [0.1, 0.15) is 32.8 Å². The first kappa shape index (κ1) is 17.2. The van der Waals surface area contributed by atoms with Crippen molar-refractivity contribution in [2.45, 2.75) is 45.4 Å². The van der Waals surface area contributed by atoms with Gasteiger partial charge < -0.3 is 9.47 Å². The molecule has 1 amide bonds. The number of hydrogen-bond donors (Lipinski definition) is 0. The first-order valence-electron chi connectivity index (χ1n) is 7.28. The van der Waals surface area contributed by atoms with Crippen LogP contribution in [0, 0.1) is 5.82 Å². The molecule has 1 saturated heterocycles. The van der Waals surface area contributed by atoms with Crippen LogP contribution < -0.4 is 0 Å². The monoisotopic (exact) mass is 373 g/mol. The van der Waals surface area contributed by atoms with Crippen LogP contribution in [0.5, 0.6) is 0 Å². The minimum Gasteiger partial charge on any atom is -0.444 e. The zero-order valence-electron chi connectivity index (χ0n) is 13.1. The van der Waals surface area contributed by atoms with Gasteiger partial charge in [0.15, 0.2) is 0 Å². The molecule has 4 nitrogen and oxygen atoms in total. The van der Waals surface area contributed by atoms with Crippen LogP contribution in [0.2, 0.25) is 0 Å². The SMILES string of the molecule is CC(C)(C)OC(=O)N(Cc1c(F)cccc1Br)C1CCOC1. The zero-order chi connectivity index (χ0) is 16.3. The first-order valence-corrected chi connectivity index (χ1v) is 8.07. The van der Waals surface area contributed by atoms with Gasteiger partial charge in [-0.3, -0.25) is 4.90 Å². The molecule has 0 N–H and O–H groups in total. The van der Waals surface area contributed by atoms with Gasteiger partial charge in [0.05, 0.1) is 19.2 Å². The number of hydrogen-bond acceptors (Lipinski definition) is 3. The molecule has 1 unspecified atom stereocenters. The van der Waals surface area contributed by atoms with Crippen LogP contribution in [0.15, 0.2) is 22.7 Å². The van der Waals surface area contributed by atoms with Gasteiger partial charge in [-0.15, -0.1) is 0 Å². The summed E-state index contributed by atoms with van der Waals surface area (Å²) in [5.41, 5.74) is -0.151. The van der Waals surface area contributed by atoms with Crippen molar-refractivity contribution < 1.29 is 18.7 Å². The Morgan fingerprint density at radius 3 is 2.77 bits per heavy atom. The molecule has 122 valence electrons. The number of amides is 1. The van der Waals surface area contributed by atoms with Crippen molar-refractivity contribution >= 4 is 22.0 Å². The Bertz CT molecular complexity index is 518. The van der Waals surface area contributed by atoms with Gasteiger partial charge in [0.2, 0.25) is 0 Å². The van der Waals surface area contributed by atoms with E-state index in [9.17, 15) is 9.18 Å². The summed E-state index contributed by atoms with van der Waals surface area (Å²) in [5.74, 6) is -0.346. The second kappa shape index (κ2) is 6.96. The molecule has 1 aromatic carbocycles. The second-order valence-electron chi connectivity index (χ2n) is 6.33. The molecule has 0 aromatic heterocycles. The molecular weight excluding hydrogens is 353 g/mol. The predicted molar refractivity (Wildman–Crippen MR) is 85.1 cm³/mol. The molecule has 0 aliphatic carbocycles. The van der Waals surface area contributed by atoms with Crippen LogP contribution in [-0.4, -0.2) is 35.8 Å². The summed E-state index contributed by atoms with van der Waals surface area (Å²) in [4.78, 5) is 14.0. The zero-order valence-corrected chi connectivity index (χ0v) is 14.7. The van der Waals surface area contributed by atoms with Gasteiger partial charge in [0.1, 0.15) is 11.4 Å². The van der Waals surface area contributed by atoms with Crippen molar-refractivity contribution in [2.75, 3.05) is 13.2 Å². The van der Waals surface area contributed by atoms with E-state index < -0.39 is 11.7 Å². The maximum absolute atomic E-state index is 14.1. The third-order valence-electron chi connectivity index (χ3n) is 3.36. The van der Waals surface area contributed by atoms with Gasteiger partial charge in [-0.05, 0) is 39.3 Å². The normalized spacial score (nSPS) is 18.3. The highest BCUT2D eigenvalue weighted by atomic mass is 79.9. The number of benzene rings is 1. The van der Waals surface area contributed by atoms with E-state index in [1.165, 1.54) is 6.07 Å². The maximum atomic E-state index is 14.1. The summed E-state index contributed by atoms with van der Waals surface area (Å²) in [6, 6.07) is 4.68. The van der Waals surface area contributed by atoms with Crippen LogP contribution >= 0.6 is 15.9 Å². The van der Waals surface area contributed by atoms with Crippen molar-refractivity contribution in [3.63, 3.8) is 0 Å². The third kappa shape index (κ3) is 4.43. The topological polar surface area (TPSA) is 38.8 Å². The molecular formula is C16H21BrFNO3. The second-order valence-corrected chi connectivity index (χ2v) is 7.18. The molecule has 0 saturated carbocycles. The van der Waals surface area contributed by atoms with Crippen molar-refractivity contribution in [1.29, 1.82) is 0 Å². The van der Waals surface area contributed by atoms with Crippen LogP contribution in [0.3, 0.4) is 0 Å². The Labute approximate surface area is 138 Å². The number of halogens is 2. The molecule has 0 spiro atoms. The molecule has 2 rings (SSSR count). The number of rotatable bonds is 3. The average molecular weight is 374 g/mol. The lowest BCUT2D eigenvalue weighted by molar-refractivity contribution is 0.0123. The third-order valence-corrected chi connectivity index (χ3v) is 4.11. The predicted octanol–water partition coefficient (Wildman–Crippen LogP) is 4.11. The fourth-order valence-corrected chi connectivity index (χ4v) is 2.75. The van der Waals surface area contributed by atoms with E-state index in [-0.39, 0.29) is 18.4 Å². The fraction of sp³-hybridized carbons (Fsp3) is 0.562. The molecule has 6 heteroatoms. The van der Waals surface area contributed by atoms with Crippen LogP contribution in [0.4, 0.5) is 9.18 Å². The van der Waals surface area contributed by atoms with E-state index in [2.05, 4.69) is 15.9 Å². The number of ether oxygens (including phenoxy) is 2. The Kier molecular flexibility index (Phi) is 5.45. The van der Waals surface area contributed by atoms with Crippen LogP contribution in [-0.2, 0) is 16.0 Å². The number of carbonyl (C=O) groups excluding carboxylic acids is 1. The molecule has 22 heavy (non-hydrogen) atoms. The summed E-state index contributed by atoms with van der Waals surface area (Å²) in [6.07, 6.45) is 0.281. The molecule has 1 atom stereocenters. The van der Waals surface area contributed by atoms with E-state index >= 15 is 0 Å². The molecule has 1 aliphatic rings. The lowest BCUT2D eigenvalue weighted by atomic mass is 10.1. The van der Waals surface area contributed by atoms with Crippen molar-refractivity contribution in [3.05, 3.63) is 34.1 Å². The first-order chi connectivity index (χ1) is 10.3. The highest BCUT2D eigenvalue weighted by Gasteiger charge is 2.32. The molecule has 0 bridgehead atoms. The smallest absolute Gasteiger partial charge is 0.410 e. The average Bonchev–Trinajstić information content (AvgIpc) is 2.89. The molecule has 1 heterocycles. The highest BCUT2D eigenvalue weighted by Crippen LogP contribution is 2.25. The van der Waals surface area contributed by atoms with Gasteiger partial charge in [0.25, 0.3) is 0 Å². The summed E-state index contributed by atoms with van der Waals surface area (Å²) in [5, 5.41) is 0. The molecule has 1 aromatic rings. The van der Waals surface area contributed by atoms with Gasteiger partial charge >= 0.3 is 6.09 Å². The van der Waals surface area contributed by atoms with E-state index in [4.69, 9.17) is 9.47 Å². The minimum atomic E-state index is -0.596. The number of carbonyl (C=O) groups is 1. The fourth-order valence-electron chi connectivity index (χ4n) is 2.28.